The van der Waals surface area contributed by atoms with Crippen LogP contribution in [0.25, 0.3) is 11.0 Å². The van der Waals surface area contributed by atoms with Gasteiger partial charge in [-0.3, -0.25) is 15.4 Å². The summed E-state index contributed by atoms with van der Waals surface area (Å²) in [6.07, 6.45) is -0.668. The van der Waals surface area contributed by atoms with Gasteiger partial charge in [0, 0.05) is 39.9 Å². The number of benzene rings is 2. The Bertz CT molecular complexity index is 1240. The molecule has 0 saturated heterocycles. The van der Waals surface area contributed by atoms with Gasteiger partial charge in [0.2, 0.25) is 0 Å². The van der Waals surface area contributed by atoms with Gasteiger partial charge in [-0.25, -0.2) is 14.4 Å². The Labute approximate surface area is 179 Å². The summed E-state index contributed by atoms with van der Waals surface area (Å²) in [5.41, 5.74) is -0.680. The maximum absolute atomic E-state index is 12.4. The average molecular weight is 447 g/mol. The van der Waals surface area contributed by atoms with Crippen LogP contribution in [0.5, 0.6) is 0 Å². The Morgan fingerprint density at radius 3 is 2.65 bits per heavy atom. The fourth-order valence-electron chi connectivity index (χ4n) is 2.76. The number of amides is 1. The van der Waals surface area contributed by atoms with Crippen molar-refractivity contribution in [2.75, 3.05) is 11.9 Å². The van der Waals surface area contributed by atoms with Crippen LogP contribution in [0.3, 0.4) is 0 Å². The van der Waals surface area contributed by atoms with Crippen LogP contribution in [0.1, 0.15) is 22.8 Å². The van der Waals surface area contributed by atoms with E-state index in [2.05, 4.69) is 5.32 Å². The van der Waals surface area contributed by atoms with E-state index in [0.29, 0.717) is 16.6 Å². The second-order valence-electron chi connectivity index (χ2n) is 6.14. The molecular formula is C20H15ClN2O8. The maximum atomic E-state index is 12.4. The number of ether oxygens (including phenoxy) is 2. The standard InChI is InChI=1S/C20H15ClN2O8/c1-2-29-20(26)22-13-4-6-14-11(7-18(24)31-17(14)9-13)10-30-19(25)15-5-3-12(21)8-16(15)23(27)28/h3-9H,2,10H2,1H3,(H,22,26). The summed E-state index contributed by atoms with van der Waals surface area (Å²) in [4.78, 5) is 46.3. The SMILES string of the molecule is CCOC(=O)Nc1ccc2c(COC(=O)c3ccc(Cl)cc3[N+](=O)[O-])cc(=O)oc2c1. The molecule has 0 aliphatic heterocycles. The summed E-state index contributed by atoms with van der Waals surface area (Å²) < 4.78 is 15.1. The lowest BCUT2D eigenvalue weighted by Gasteiger charge is -2.09. The van der Waals surface area contributed by atoms with Crippen molar-refractivity contribution in [3.63, 3.8) is 0 Å². The van der Waals surface area contributed by atoms with Crippen molar-refractivity contribution in [2.24, 2.45) is 0 Å². The summed E-state index contributed by atoms with van der Waals surface area (Å²) in [6, 6.07) is 9.24. The summed E-state index contributed by atoms with van der Waals surface area (Å²) in [6.45, 7) is 1.51. The van der Waals surface area contributed by atoms with Crippen LogP contribution in [0.4, 0.5) is 16.2 Å². The summed E-state index contributed by atoms with van der Waals surface area (Å²) in [7, 11) is 0. The van der Waals surface area contributed by atoms with Gasteiger partial charge < -0.3 is 13.9 Å². The molecule has 0 bridgehead atoms. The van der Waals surface area contributed by atoms with E-state index < -0.39 is 28.3 Å². The van der Waals surface area contributed by atoms with Crippen molar-refractivity contribution in [3.8, 4) is 0 Å². The second kappa shape index (κ2) is 9.26. The topological polar surface area (TPSA) is 138 Å². The Balaban J connectivity index is 1.85. The number of nitrogens with one attached hydrogen (secondary N) is 1. The van der Waals surface area contributed by atoms with Gasteiger partial charge >= 0.3 is 17.7 Å². The molecule has 0 unspecified atom stereocenters. The van der Waals surface area contributed by atoms with E-state index in [9.17, 15) is 24.5 Å². The van der Waals surface area contributed by atoms with Crippen LogP contribution in [-0.2, 0) is 16.1 Å². The lowest BCUT2D eigenvalue weighted by atomic mass is 10.1. The first kappa shape index (κ1) is 21.8. The van der Waals surface area contributed by atoms with Crippen molar-refractivity contribution < 1.29 is 28.4 Å². The molecule has 11 heteroatoms. The smallest absolute Gasteiger partial charge is 0.411 e. The number of hydrogen-bond donors (Lipinski definition) is 1. The Morgan fingerprint density at radius 1 is 1.16 bits per heavy atom. The van der Waals surface area contributed by atoms with E-state index in [1.807, 2.05) is 0 Å². The molecule has 0 radical (unpaired) electrons. The Kier molecular flexibility index (Phi) is 6.51. The summed E-state index contributed by atoms with van der Waals surface area (Å²) >= 11 is 5.75. The molecule has 1 aromatic heterocycles. The van der Waals surface area contributed by atoms with Crippen LogP contribution in [0.2, 0.25) is 5.02 Å². The van der Waals surface area contributed by atoms with Gasteiger partial charge in [0.05, 0.1) is 11.5 Å². The minimum absolute atomic E-state index is 0.0992. The third-order valence-corrected chi connectivity index (χ3v) is 4.32. The number of carbonyl (C=O) groups is 2. The molecule has 1 heterocycles. The largest absolute Gasteiger partial charge is 0.457 e. The molecule has 31 heavy (non-hydrogen) atoms. The number of nitrogens with zero attached hydrogens (tertiary/aromatic N) is 1. The molecule has 2 aromatic carbocycles. The Morgan fingerprint density at radius 2 is 1.94 bits per heavy atom. The van der Waals surface area contributed by atoms with Crippen LogP contribution in [0, 0.1) is 10.1 Å². The number of nitro groups is 1. The highest BCUT2D eigenvalue weighted by atomic mass is 35.5. The summed E-state index contributed by atoms with van der Waals surface area (Å²) in [5.74, 6) is -0.953. The molecule has 10 nitrogen and oxygen atoms in total. The Hall–Kier alpha value is -3.92. The van der Waals surface area contributed by atoms with Crippen molar-refractivity contribution in [1.29, 1.82) is 0 Å². The van der Waals surface area contributed by atoms with E-state index in [1.54, 1.807) is 19.1 Å². The molecule has 0 aliphatic rings. The second-order valence-corrected chi connectivity index (χ2v) is 6.58. The molecule has 160 valence electrons. The van der Waals surface area contributed by atoms with Gasteiger partial charge in [0.1, 0.15) is 17.8 Å². The number of carbonyl (C=O) groups excluding carboxylic acids is 2. The highest BCUT2D eigenvalue weighted by Crippen LogP contribution is 2.26. The lowest BCUT2D eigenvalue weighted by molar-refractivity contribution is -0.385. The summed E-state index contributed by atoms with van der Waals surface area (Å²) in [5, 5.41) is 14.2. The van der Waals surface area contributed by atoms with Crippen molar-refractivity contribution >= 4 is 46.0 Å². The van der Waals surface area contributed by atoms with Crippen LogP contribution in [-0.4, -0.2) is 23.6 Å². The van der Waals surface area contributed by atoms with E-state index >= 15 is 0 Å². The van der Waals surface area contributed by atoms with Gasteiger partial charge in [0.15, 0.2) is 0 Å². The first-order valence-corrected chi connectivity index (χ1v) is 9.28. The first-order valence-electron chi connectivity index (χ1n) is 8.90. The van der Waals surface area contributed by atoms with Crippen molar-refractivity contribution in [1.82, 2.24) is 0 Å². The quantitative estimate of drug-likeness (QED) is 0.256. The van der Waals surface area contributed by atoms with E-state index in [4.69, 9.17) is 25.5 Å². The normalized spacial score (nSPS) is 10.5. The molecule has 1 N–H and O–H groups in total. The van der Waals surface area contributed by atoms with Crippen LogP contribution < -0.4 is 10.9 Å². The number of anilines is 1. The molecule has 0 saturated carbocycles. The number of esters is 1. The molecule has 3 aromatic rings. The van der Waals surface area contributed by atoms with E-state index in [-0.39, 0.29) is 29.4 Å². The highest BCUT2D eigenvalue weighted by Gasteiger charge is 2.22. The number of fused-ring (bicyclic) bond motifs is 1. The number of hydrogen-bond acceptors (Lipinski definition) is 8. The van der Waals surface area contributed by atoms with Crippen LogP contribution >= 0.6 is 11.6 Å². The lowest BCUT2D eigenvalue weighted by Crippen LogP contribution is -2.13. The van der Waals surface area contributed by atoms with Gasteiger partial charge in [-0.15, -0.1) is 0 Å². The maximum Gasteiger partial charge on any atom is 0.411 e. The fraction of sp³-hybridized carbons (Fsp3) is 0.150. The van der Waals surface area contributed by atoms with Gasteiger partial charge in [-0.05, 0) is 31.2 Å². The first-order chi connectivity index (χ1) is 14.8. The number of rotatable bonds is 6. The van der Waals surface area contributed by atoms with Gasteiger partial charge in [0.25, 0.3) is 5.69 Å². The zero-order chi connectivity index (χ0) is 22.5. The van der Waals surface area contributed by atoms with Crippen LogP contribution in [0.15, 0.2) is 51.7 Å². The predicted octanol–water partition coefficient (Wildman–Crippen LogP) is 4.28. The number of nitro benzene ring substituents is 1. The van der Waals surface area contributed by atoms with Crippen molar-refractivity contribution in [3.05, 3.63) is 79.1 Å². The average Bonchev–Trinajstić information content (AvgIpc) is 2.71. The zero-order valence-electron chi connectivity index (χ0n) is 16.0. The molecule has 0 aliphatic carbocycles. The van der Waals surface area contributed by atoms with E-state index in [0.717, 1.165) is 12.1 Å². The molecule has 0 fully saturated rings. The fourth-order valence-corrected chi connectivity index (χ4v) is 2.93. The third kappa shape index (κ3) is 5.17. The molecule has 0 atom stereocenters. The monoisotopic (exact) mass is 446 g/mol. The van der Waals surface area contributed by atoms with E-state index in [1.165, 1.54) is 18.2 Å². The predicted molar refractivity (Wildman–Crippen MR) is 110 cm³/mol. The molecular weight excluding hydrogens is 432 g/mol. The minimum Gasteiger partial charge on any atom is -0.457 e. The highest BCUT2D eigenvalue weighted by molar-refractivity contribution is 6.31. The zero-order valence-corrected chi connectivity index (χ0v) is 16.8. The third-order valence-electron chi connectivity index (χ3n) is 4.09. The van der Waals surface area contributed by atoms with Gasteiger partial charge in [-0.2, -0.15) is 0 Å². The molecule has 1 amide bonds. The number of halogens is 1. The van der Waals surface area contributed by atoms with Gasteiger partial charge in [-0.1, -0.05) is 11.6 Å². The minimum atomic E-state index is -0.953. The molecule has 0 spiro atoms. The van der Waals surface area contributed by atoms with Crippen molar-refractivity contribution in [2.45, 2.75) is 13.5 Å². The molecule has 3 rings (SSSR count).